The summed E-state index contributed by atoms with van der Waals surface area (Å²) in [7, 11) is 1.88. The van der Waals surface area contributed by atoms with Gasteiger partial charge in [0, 0.05) is 16.6 Å². The molecule has 0 unspecified atom stereocenters. The molecule has 0 radical (unpaired) electrons. The lowest BCUT2D eigenvalue weighted by molar-refractivity contribution is -0.120. The standard InChI is InChI=1S/C17H17Cl3N2O/c1-11(22(2)10-12-4-3-5-13(18)8-12)17(23)21-16-9-14(19)6-7-15(16)20/h3-9,11H,10H2,1-2H3,(H,21,23)/t11-/m0/s1. The van der Waals surface area contributed by atoms with Gasteiger partial charge in [-0.25, -0.2) is 0 Å². The lowest BCUT2D eigenvalue weighted by Gasteiger charge is -2.24. The first-order valence-electron chi connectivity index (χ1n) is 7.07. The summed E-state index contributed by atoms with van der Waals surface area (Å²) in [6, 6.07) is 12.2. The topological polar surface area (TPSA) is 32.3 Å². The molecule has 0 aliphatic heterocycles. The molecule has 2 aromatic rings. The molecule has 6 heteroatoms. The number of carbonyl (C=O) groups is 1. The fraction of sp³-hybridized carbons (Fsp3) is 0.235. The molecule has 0 saturated heterocycles. The van der Waals surface area contributed by atoms with Gasteiger partial charge in [0.25, 0.3) is 0 Å². The van der Waals surface area contributed by atoms with Crippen LogP contribution in [0.1, 0.15) is 12.5 Å². The molecule has 1 N–H and O–H groups in total. The van der Waals surface area contributed by atoms with Gasteiger partial charge in [-0.05, 0) is 49.9 Å². The maximum Gasteiger partial charge on any atom is 0.241 e. The summed E-state index contributed by atoms with van der Waals surface area (Å²) >= 11 is 18.0. The Hall–Kier alpha value is -1.26. The van der Waals surface area contributed by atoms with Crippen LogP contribution in [0.15, 0.2) is 42.5 Å². The summed E-state index contributed by atoms with van der Waals surface area (Å²) < 4.78 is 0. The van der Waals surface area contributed by atoms with Crippen molar-refractivity contribution in [3.63, 3.8) is 0 Å². The molecule has 0 bridgehead atoms. The fourth-order valence-corrected chi connectivity index (χ4v) is 2.64. The Morgan fingerprint density at radius 1 is 1.13 bits per heavy atom. The van der Waals surface area contributed by atoms with Crippen LogP contribution in [0, 0.1) is 0 Å². The molecule has 0 saturated carbocycles. The molecule has 122 valence electrons. The first-order valence-corrected chi connectivity index (χ1v) is 8.21. The number of amides is 1. The van der Waals surface area contributed by atoms with Crippen LogP contribution in [-0.2, 0) is 11.3 Å². The number of carbonyl (C=O) groups excluding carboxylic acids is 1. The third kappa shape index (κ3) is 5.11. The normalized spacial score (nSPS) is 12.3. The molecule has 1 atom stereocenters. The Morgan fingerprint density at radius 2 is 1.83 bits per heavy atom. The maximum atomic E-state index is 12.4. The van der Waals surface area contributed by atoms with Crippen molar-refractivity contribution in [3.8, 4) is 0 Å². The van der Waals surface area contributed by atoms with E-state index in [1.807, 2.05) is 43.1 Å². The van der Waals surface area contributed by atoms with E-state index in [1.165, 1.54) is 0 Å². The van der Waals surface area contributed by atoms with Crippen LogP contribution in [0.25, 0.3) is 0 Å². The summed E-state index contributed by atoms with van der Waals surface area (Å²) in [6.07, 6.45) is 0. The number of nitrogens with one attached hydrogen (secondary N) is 1. The van der Waals surface area contributed by atoms with Crippen molar-refractivity contribution in [2.45, 2.75) is 19.5 Å². The van der Waals surface area contributed by atoms with Crippen LogP contribution in [0.4, 0.5) is 5.69 Å². The Kier molecular flexibility index (Phi) is 6.31. The van der Waals surface area contributed by atoms with Crippen molar-refractivity contribution in [1.82, 2.24) is 4.90 Å². The van der Waals surface area contributed by atoms with E-state index in [4.69, 9.17) is 34.8 Å². The largest absolute Gasteiger partial charge is 0.323 e. The van der Waals surface area contributed by atoms with Crippen LogP contribution in [0.2, 0.25) is 15.1 Å². The third-order valence-corrected chi connectivity index (χ3v) is 4.35. The summed E-state index contributed by atoms with van der Waals surface area (Å²) in [4.78, 5) is 14.3. The zero-order valence-electron chi connectivity index (χ0n) is 12.8. The highest BCUT2D eigenvalue weighted by Crippen LogP contribution is 2.25. The first-order chi connectivity index (χ1) is 10.9. The lowest BCUT2D eigenvalue weighted by Crippen LogP contribution is -2.39. The lowest BCUT2D eigenvalue weighted by atomic mass is 10.2. The molecule has 0 aliphatic carbocycles. The summed E-state index contributed by atoms with van der Waals surface area (Å²) in [5, 5.41) is 4.45. The van der Waals surface area contributed by atoms with Gasteiger partial charge in [-0.1, -0.05) is 46.9 Å². The van der Waals surface area contributed by atoms with Crippen molar-refractivity contribution in [1.29, 1.82) is 0 Å². The Balaban J connectivity index is 2.02. The van der Waals surface area contributed by atoms with Gasteiger partial charge in [-0.2, -0.15) is 0 Å². The number of hydrogen-bond acceptors (Lipinski definition) is 2. The predicted molar refractivity (Wildman–Crippen MR) is 97.5 cm³/mol. The Bertz CT molecular complexity index is 706. The van der Waals surface area contributed by atoms with Crippen molar-refractivity contribution in [3.05, 3.63) is 63.1 Å². The highest BCUT2D eigenvalue weighted by Gasteiger charge is 2.19. The third-order valence-electron chi connectivity index (χ3n) is 3.55. The minimum Gasteiger partial charge on any atom is -0.323 e. The molecule has 23 heavy (non-hydrogen) atoms. The highest BCUT2D eigenvalue weighted by molar-refractivity contribution is 6.35. The predicted octanol–water partition coefficient (Wildman–Crippen LogP) is 5.11. The molecule has 0 fully saturated rings. The van der Waals surface area contributed by atoms with Crippen LogP contribution in [-0.4, -0.2) is 23.9 Å². The van der Waals surface area contributed by atoms with E-state index in [-0.39, 0.29) is 11.9 Å². The van der Waals surface area contributed by atoms with Gasteiger partial charge in [0.15, 0.2) is 0 Å². The smallest absolute Gasteiger partial charge is 0.241 e. The molecule has 0 aliphatic rings. The van der Waals surface area contributed by atoms with Crippen LogP contribution in [0.3, 0.4) is 0 Å². The van der Waals surface area contributed by atoms with Crippen molar-refractivity contribution < 1.29 is 4.79 Å². The monoisotopic (exact) mass is 370 g/mol. The number of rotatable bonds is 5. The van der Waals surface area contributed by atoms with Gasteiger partial charge in [-0.15, -0.1) is 0 Å². The number of nitrogens with zero attached hydrogens (tertiary/aromatic N) is 1. The van der Waals surface area contributed by atoms with Gasteiger partial charge < -0.3 is 5.32 Å². The van der Waals surface area contributed by atoms with E-state index >= 15 is 0 Å². The molecule has 3 nitrogen and oxygen atoms in total. The zero-order chi connectivity index (χ0) is 17.0. The molecule has 0 heterocycles. The van der Waals surface area contributed by atoms with E-state index in [9.17, 15) is 4.79 Å². The van der Waals surface area contributed by atoms with Crippen molar-refractivity contribution >= 4 is 46.4 Å². The summed E-state index contributed by atoms with van der Waals surface area (Å²) in [5.74, 6) is -0.154. The van der Waals surface area contributed by atoms with E-state index in [2.05, 4.69) is 5.32 Å². The van der Waals surface area contributed by atoms with Gasteiger partial charge in [0.05, 0.1) is 16.8 Å². The Labute approximate surface area is 151 Å². The van der Waals surface area contributed by atoms with Gasteiger partial charge in [0.1, 0.15) is 0 Å². The second-order valence-corrected chi connectivity index (χ2v) is 6.61. The molecular weight excluding hydrogens is 355 g/mol. The summed E-state index contributed by atoms with van der Waals surface area (Å²) in [6.45, 7) is 2.44. The molecule has 0 spiro atoms. The number of anilines is 1. The van der Waals surface area contributed by atoms with Crippen LogP contribution in [0.5, 0.6) is 0 Å². The highest BCUT2D eigenvalue weighted by atomic mass is 35.5. The SMILES string of the molecule is C[C@@H](C(=O)Nc1cc(Cl)ccc1Cl)N(C)Cc1cccc(Cl)c1. The summed E-state index contributed by atoms with van der Waals surface area (Å²) in [5.41, 5.74) is 1.55. The minimum atomic E-state index is -0.343. The average Bonchev–Trinajstić information content (AvgIpc) is 2.50. The fourth-order valence-electron chi connectivity index (χ4n) is 2.09. The quantitative estimate of drug-likeness (QED) is 0.792. The number of hydrogen-bond donors (Lipinski definition) is 1. The van der Waals surface area contributed by atoms with Gasteiger partial charge in [0.2, 0.25) is 5.91 Å². The molecule has 2 rings (SSSR count). The molecular formula is C17H17Cl3N2O. The Morgan fingerprint density at radius 3 is 2.52 bits per heavy atom. The van der Waals surface area contributed by atoms with E-state index in [1.54, 1.807) is 18.2 Å². The van der Waals surface area contributed by atoms with E-state index < -0.39 is 0 Å². The second kappa shape index (κ2) is 8.02. The van der Waals surface area contributed by atoms with Gasteiger partial charge >= 0.3 is 0 Å². The minimum absolute atomic E-state index is 0.154. The molecule has 0 aromatic heterocycles. The molecule has 2 aromatic carbocycles. The van der Waals surface area contributed by atoms with Crippen molar-refractivity contribution in [2.75, 3.05) is 12.4 Å². The van der Waals surface area contributed by atoms with Crippen LogP contribution >= 0.6 is 34.8 Å². The zero-order valence-corrected chi connectivity index (χ0v) is 15.1. The average molecular weight is 372 g/mol. The number of likely N-dealkylation sites (N-methyl/N-ethyl adjacent to an activating group) is 1. The van der Waals surface area contributed by atoms with Crippen LogP contribution < -0.4 is 5.32 Å². The van der Waals surface area contributed by atoms with Crippen molar-refractivity contribution in [2.24, 2.45) is 0 Å². The number of halogens is 3. The van der Waals surface area contributed by atoms with E-state index in [0.717, 1.165) is 5.56 Å². The first kappa shape index (κ1) is 18.1. The number of benzene rings is 2. The second-order valence-electron chi connectivity index (χ2n) is 5.33. The van der Waals surface area contributed by atoms with Gasteiger partial charge in [-0.3, -0.25) is 9.69 Å². The van der Waals surface area contributed by atoms with E-state index in [0.29, 0.717) is 27.3 Å². The molecule has 1 amide bonds. The maximum absolute atomic E-state index is 12.4.